The van der Waals surface area contributed by atoms with Crippen LogP contribution in [0.2, 0.25) is 5.02 Å². The molecule has 1 aliphatic rings. The van der Waals surface area contributed by atoms with E-state index in [1.165, 1.54) is 29.3 Å². The van der Waals surface area contributed by atoms with Gasteiger partial charge in [0.1, 0.15) is 18.1 Å². The molecule has 1 amide bonds. The lowest BCUT2D eigenvalue weighted by Gasteiger charge is -2.28. The third kappa shape index (κ3) is 5.35. The highest BCUT2D eigenvalue weighted by Gasteiger charge is 2.15. The van der Waals surface area contributed by atoms with E-state index < -0.39 is 5.91 Å². The normalized spacial score (nSPS) is 13.6. The van der Waals surface area contributed by atoms with Crippen molar-refractivity contribution in [3.63, 3.8) is 0 Å². The molecule has 4 aromatic carbocycles. The molecule has 0 fully saturated rings. The minimum absolute atomic E-state index is 0.0771. The van der Waals surface area contributed by atoms with Gasteiger partial charge in [0.2, 0.25) is 0 Å². The van der Waals surface area contributed by atoms with E-state index >= 15 is 0 Å². The Morgan fingerprint density at radius 3 is 2.64 bits per heavy atom. The largest absolute Gasteiger partial charge is 0.506 e. The molecule has 0 saturated heterocycles. The number of nitrogens with one attached hydrogen (secondary N) is 1. The summed E-state index contributed by atoms with van der Waals surface area (Å²) in [6, 6.07) is 24.7. The first-order chi connectivity index (χ1) is 17.6. The average Bonchev–Trinajstić information content (AvgIpc) is 2.91. The van der Waals surface area contributed by atoms with Gasteiger partial charge in [0, 0.05) is 36.1 Å². The van der Waals surface area contributed by atoms with Crippen molar-refractivity contribution >= 4 is 34.5 Å². The first-order valence-corrected chi connectivity index (χ1v) is 12.2. The number of phenolic OH excluding ortho intramolecular Hbond substituents is 1. The van der Waals surface area contributed by atoms with Crippen molar-refractivity contribution in [2.45, 2.75) is 13.0 Å². The fourth-order valence-corrected chi connectivity index (χ4v) is 4.62. The molecule has 6 nitrogen and oxygen atoms in total. The van der Waals surface area contributed by atoms with Gasteiger partial charge < -0.3 is 9.84 Å². The van der Waals surface area contributed by atoms with Gasteiger partial charge in [0.15, 0.2) is 0 Å². The SMILES string of the molecule is O=C(N/N=C/c1ccc(OCCN2CCc3ccccc3C2)c2ccccc12)c1ccc(O)c(Cl)c1. The van der Waals surface area contributed by atoms with Gasteiger partial charge in [0.25, 0.3) is 5.91 Å². The van der Waals surface area contributed by atoms with E-state index in [4.69, 9.17) is 16.3 Å². The fourth-order valence-electron chi connectivity index (χ4n) is 4.44. The number of carbonyl (C=O) groups excluding carboxylic acids is 1. The van der Waals surface area contributed by atoms with Gasteiger partial charge in [-0.3, -0.25) is 9.69 Å². The van der Waals surface area contributed by atoms with E-state index in [2.05, 4.69) is 39.7 Å². The molecule has 0 bridgehead atoms. The van der Waals surface area contributed by atoms with Crippen LogP contribution < -0.4 is 10.2 Å². The second-order valence-corrected chi connectivity index (χ2v) is 9.11. The summed E-state index contributed by atoms with van der Waals surface area (Å²) in [6.45, 7) is 3.46. The van der Waals surface area contributed by atoms with Crippen molar-refractivity contribution in [2.75, 3.05) is 19.7 Å². The third-order valence-corrected chi connectivity index (χ3v) is 6.67. The van der Waals surface area contributed by atoms with E-state index in [9.17, 15) is 9.90 Å². The zero-order chi connectivity index (χ0) is 24.9. The maximum absolute atomic E-state index is 12.3. The van der Waals surface area contributed by atoms with Crippen LogP contribution in [0.15, 0.2) is 84.0 Å². The zero-order valence-electron chi connectivity index (χ0n) is 19.7. The molecule has 0 spiro atoms. The Morgan fingerprint density at radius 1 is 1.03 bits per heavy atom. The fraction of sp³-hybridized carbons (Fsp3) is 0.172. The number of carbonyl (C=O) groups is 1. The molecule has 4 aromatic rings. The molecular formula is C29H26ClN3O3. The van der Waals surface area contributed by atoms with Gasteiger partial charge >= 0.3 is 0 Å². The Hall–Kier alpha value is -3.87. The third-order valence-electron chi connectivity index (χ3n) is 6.37. The number of phenols is 1. The summed E-state index contributed by atoms with van der Waals surface area (Å²) < 4.78 is 6.20. The van der Waals surface area contributed by atoms with Gasteiger partial charge in [-0.15, -0.1) is 0 Å². The number of nitrogens with zero attached hydrogens (tertiary/aromatic N) is 2. The van der Waals surface area contributed by atoms with E-state index in [0.29, 0.717) is 12.2 Å². The van der Waals surface area contributed by atoms with Crippen LogP contribution in [0, 0.1) is 0 Å². The van der Waals surface area contributed by atoms with Crippen LogP contribution in [0.25, 0.3) is 10.8 Å². The maximum atomic E-state index is 12.3. The number of hydrogen-bond donors (Lipinski definition) is 2. The summed E-state index contributed by atoms with van der Waals surface area (Å²) >= 11 is 5.89. The van der Waals surface area contributed by atoms with Crippen LogP contribution in [-0.4, -0.2) is 41.8 Å². The van der Waals surface area contributed by atoms with Crippen LogP contribution in [0.3, 0.4) is 0 Å². The number of hydrogen-bond acceptors (Lipinski definition) is 5. The first-order valence-electron chi connectivity index (χ1n) is 11.8. The predicted octanol–water partition coefficient (Wildman–Crippen LogP) is 5.40. The smallest absolute Gasteiger partial charge is 0.271 e. The van der Waals surface area contributed by atoms with Crippen molar-refractivity contribution in [1.82, 2.24) is 10.3 Å². The number of ether oxygens (including phenoxy) is 1. The average molecular weight is 500 g/mol. The Balaban J connectivity index is 1.23. The lowest BCUT2D eigenvalue weighted by atomic mass is 10.0. The summed E-state index contributed by atoms with van der Waals surface area (Å²) in [7, 11) is 0. The molecule has 36 heavy (non-hydrogen) atoms. The van der Waals surface area contributed by atoms with E-state index in [1.807, 2.05) is 36.4 Å². The molecule has 0 aromatic heterocycles. The Kier molecular flexibility index (Phi) is 7.16. The van der Waals surface area contributed by atoms with Crippen molar-refractivity contribution in [3.8, 4) is 11.5 Å². The van der Waals surface area contributed by atoms with Crippen LogP contribution in [0.4, 0.5) is 0 Å². The molecule has 1 aliphatic heterocycles. The topological polar surface area (TPSA) is 74.2 Å². The number of fused-ring (bicyclic) bond motifs is 2. The quantitative estimate of drug-likeness (QED) is 0.264. The molecule has 0 atom stereocenters. The molecule has 5 rings (SSSR count). The van der Waals surface area contributed by atoms with Crippen LogP contribution in [0.1, 0.15) is 27.0 Å². The molecular weight excluding hydrogens is 474 g/mol. The van der Waals surface area contributed by atoms with E-state index in [1.54, 1.807) is 6.21 Å². The van der Waals surface area contributed by atoms with Crippen molar-refractivity contribution < 1.29 is 14.6 Å². The van der Waals surface area contributed by atoms with Gasteiger partial charge in [-0.2, -0.15) is 5.10 Å². The molecule has 1 heterocycles. The number of benzene rings is 4. The Bertz CT molecular complexity index is 1440. The minimum Gasteiger partial charge on any atom is -0.506 e. The number of aromatic hydroxyl groups is 1. The number of amides is 1. The highest BCUT2D eigenvalue weighted by Crippen LogP contribution is 2.28. The number of rotatable bonds is 7. The lowest BCUT2D eigenvalue weighted by Crippen LogP contribution is -2.33. The molecule has 182 valence electrons. The second kappa shape index (κ2) is 10.8. The summed E-state index contributed by atoms with van der Waals surface area (Å²) in [4.78, 5) is 14.8. The molecule has 0 saturated carbocycles. The summed E-state index contributed by atoms with van der Waals surface area (Å²) in [5.74, 6) is 0.326. The molecule has 0 radical (unpaired) electrons. The van der Waals surface area contributed by atoms with Gasteiger partial charge in [0.05, 0.1) is 11.2 Å². The standard InChI is InChI=1S/C29H26ClN3O3/c30-26-17-21(9-11-27(26)34)29(35)32-31-18-22-10-12-28(25-8-4-3-7-24(22)25)36-16-15-33-14-13-20-5-1-2-6-23(20)19-33/h1-12,17-18,34H,13-16,19H2,(H,32,35)/b31-18+. The van der Waals surface area contributed by atoms with Crippen LogP contribution in [0.5, 0.6) is 11.5 Å². The maximum Gasteiger partial charge on any atom is 0.271 e. The predicted molar refractivity (Wildman–Crippen MR) is 143 cm³/mol. The van der Waals surface area contributed by atoms with Crippen LogP contribution in [-0.2, 0) is 13.0 Å². The summed E-state index contributed by atoms with van der Waals surface area (Å²) in [5, 5.41) is 15.7. The highest BCUT2D eigenvalue weighted by atomic mass is 35.5. The minimum atomic E-state index is -0.419. The monoisotopic (exact) mass is 499 g/mol. The molecule has 2 N–H and O–H groups in total. The Labute approximate surface area is 214 Å². The Morgan fingerprint density at radius 2 is 1.81 bits per heavy atom. The van der Waals surface area contributed by atoms with E-state index in [0.717, 1.165) is 48.1 Å². The highest BCUT2D eigenvalue weighted by molar-refractivity contribution is 6.32. The zero-order valence-corrected chi connectivity index (χ0v) is 20.4. The number of hydrazone groups is 1. The van der Waals surface area contributed by atoms with Crippen molar-refractivity contribution in [1.29, 1.82) is 0 Å². The second-order valence-electron chi connectivity index (χ2n) is 8.71. The molecule has 0 aliphatic carbocycles. The van der Waals surface area contributed by atoms with Crippen molar-refractivity contribution in [3.05, 3.63) is 106 Å². The lowest BCUT2D eigenvalue weighted by molar-refractivity contribution is 0.0955. The summed E-state index contributed by atoms with van der Waals surface area (Å²) in [6.07, 6.45) is 2.68. The molecule has 7 heteroatoms. The van der Waals surface area contributed by atoms with Gasteiger partial charge in [-0.05, 0) is 53.3 Å². The van der Waals surface area contributed by atoms with E-state index in [-0.39, 0.29) is 10.8 Å². The van der Waals surface area contributed by atoms with Gasteiger partial charge in [-0.1, -0.05) is 60.1 Å². The van der Waals surface area contributed by atoms with Gasteiger partial charge in [-0.25, -0.2) is 5.43 Å². The first kappa shape index (κ1) is 23.9. The van der Waals surface area contributed by atoms with Crippen LogP contribution >= 0.6 is 11.6 Å². The summed E-state index contributed by atoms with van der Waals surface area (Å²) in [5.41, 5.74) is 6.51. The number of halogens is 1. The van der Waals surface area contributed by atoms with Crippen molar-refractivity contribution in [2.24, 2.45) is 5.10 Å². The molecule has 0 unspecified atom stereocenters.